The Morgan fingerprint density at radius 1 is 1.41 bits per heavy atom. The maximum absolute atomic E-state index is 13.5. The van der Waals surface area contributed by atoms with Gasteiger partial charge in [0.2, 0.25) is 0 Å². The van der Waals surface area contributed by atoms with Crippen LogP contribution in [0.5, 0.6) is 0 Å². The van der Waals surface area contributed by atoms with Crippen molar-refractivity contribution < 1.29 is 18.7 Å². The van der Waals surface area contributed by atoms with Gasteiger partial charge in [0.05, 0.1) is 4.70 Å². The van der Waals surface area contributed by atoms with Gasteiger partial charge in [-0.2, -0.15) is 0 Å². The van der Waals surface area contributed by atoms with Crippen LogP contribution < -0.4 is 0 Å². The molecule has 0 amide bonds. The van der Waals surface area contributed by atoms with Crippen LogP contribution >= 0.6 is 11.3 Å². The Morgan fingerprint density at radius 2 is 2.12 bits per heavy atom. The second kappa shape index (κ2) is 4.41. The average Bonchev–Trinajstić information content (AvgIpc) is 2.58. The quantitative estimate of drug-likeness (QED) is 0.906. The van der Waals surface area contributed by atoms with Crippen LogP contribution in [-0.4, -0.2) is 11.1 Å². The third kappa shape index (κ3) is 2.02. The van der Waals surface area contributed by atoms with Crippen molar-refractivity contribution >= 4 is 27.4 Å². The van der Waals surface area contributed by atoms with E-state index < -0.39 is 17.6 Å². The Balaban J connectivity index is 2.79. The van der Waals surface area contributed by atoms with Crippen molar-refractivity contribution in [3.63, 3.8) is 0 Å². The van der Waals surface area contributed by atoms with Gasteiger partial charge < -0.3 is 5.11 Å². The number of aryl methyl sites for hydroxylation is 1. The highest BCUT2D eigenvalue weighted by atomic mass is 32.1. The van der Waals surface area contributed by atoms with E-state index >= 15 is 0 Å². The first-order chi connectivity index (χ1) is 8.04. The van der Waals surface area contributed by atoms with E-state index in [1.54, 1.807) is 0 Å². The molecule has 1 N–H and O–H groups in total. The van der Waals surface area contributed by atoms with Crippen molar-refractivity contribution in [2.45, 2.75) is 19.8 Å². The summed E-state index contributed by atoms with van der Waals surface area (Å²) in [7, 11) is 0. The average molecular weight is 256 g/mol. The minimum absolute atomic E-state index is 0.103. The Bertz CT molecular complexity index is 590. The molecular weight excluding hydrogens is 246 g/mol. The number of benzene rings is 1. The maximum atomic E-state index is 13.5. The standard InChI is InChI=1S/C12H10F2O2S/c1-2-3-7-8-4-6(13)5-9(14)10(8)17-11(7)12(15)16/h4-5H,2-3H2,1H3,(H,15,16). The number of hydrogen-bond donors (Lipinski definition) is 1. The summed E-state index contributed by atoms with van der Waals surface area (Å²) in [6, 6.07) is 1.98. The first kappa shape index (κ1) is 12.0. The summed E-state index contributed by atoms with van der Waals surface area (Å²) < 4.78 is 26.9. The van der Waals surface area contributed by atoms with Gasteiger partial charge in [-0.3, -0.25) is 0 Å². The van der Waals surface area contributed by atoms with Crippen molar-refractivity contribution in [2.24, 2.45) is 0 Å². The SMILES string of the molecule is CCCc1c(C(=O)O)sc2c(F)cc(F)cc12. The molecule has 0 aliphatic rings. The molecule has 0 radical (unpaired) electrons. The normalized spacial score (nSPS) is 11.0. The van der Waals surface area contributed by atoms with Crippen molar-refractivity contribution in [1.29, 1.82) is 0 Å². The number of carboxylic acid groups (broad SMARTS) is 1. The van der Waals surface area contributed by atoms with Crippen molar-refractivity contribution in [2.75, 3.05) is 0 Å². The Hall–Kier alpha value is -1.49. The molecule has 1 heterocycles. The van der Waals surface area contributed by atoms with Gasteiger partial charge in [0.25, 0.3) is 0 Å². The first-order valence-corrected chi connectivity index (χ1v) is 6.00. The highest BCUT2D eigenvalue weighted by molar-refractivity contribution is 7.21. The minimum Gasteiger partial charge on any atom is -0.477 e. The number of halogens is 2. The maximum Gasteiger partial charge on any atom is 0.346 e. The van der Waals surface area contributed by atoms with Gasteiger partial charge in [0.1, 0.15) is 16.5 Å². The monoisotopic (exact) mass is 256 g/mol. The van der Waals surface area contributed by atoms with E-state index in [4.69, 9.17) is 5.11 Å². The number of carboxylic acids is 1. The molecular formula is C12H10F2O2S. The Morgan fingerprint density at radius 3 is 2.71 bits per heavy atom. The second-order valence-corrected chi connectivity index (χ2v) is 4.75. The Labute approximate surface area is 101 Å². The van der Waals surface area contributed by atoms with E-state index in [9.17, 15) is 13.6 Å². The highest BCUT2D eigenvalue weighted by Crippen LogP contribution is 2.34. The fourth-order valence-electron chi connectivity index (χ4n) is 1.85. The minimum atomic E-state index is -1.09. The van der Waals surface area contributed by atoms with Crippen molar-refractivity contribution in [3.05, 3.63) is 34.2 Å². The van der Waals surface area contributed by atoms with Crippen LogP contribution in [0.3, 0.4) is 0 Å². The zero-order chi connectivity index (χ0) is 12.6. The highest BCUT2D eigenvalue weighted by Gasteiger charge is 2.19. The van der Waals surface area contributed by atoms with Gasteiger partial charge in [-0.15, -0.1) is 11.3 Å². The van der Waals surface area contributed by atoms with Crippen LogP contribution in [0.2, 0.25) is 0 Å². The summed E-state index contributed by atoms with van der Waals surface area (Å²) in [5, 5.41) is 9.43. The van der Waals surface area contributed by atoms with E-state index in [1.807, 2.05) is 6.92 Å². The zero-order valence-corrected chi connectivity index (χ0v) is 9.91. The predicted molar refractivity (Wildman–Crippen MR) is 62.7 cm³/mol. The van der Waals surface area contributed by atoms with Crippen LogP contribution in [-0.2, 0) is 6.42 Å². The Kier molecular flexibility index (Phi) is 3.11. The molecule has 2 aromatic rings. The molecule has 0 aliphatic heterocycles. The molecule has 0 fully saturated rings. The van der Waals surface area contributed by atoms with E-state index in [0.29, 0.717) is 17.4 Å². The van der Waals surface area contributed by atoms with Gasteiger partial charge in [0.15, 0.2) is 0 Å². The molecule has 0 unspecified atom stereocenters. The van der Waals surface area contributed by atoms with Gasteiger partial charge in [-0.1, -0.05) is 13.3 Å². The second-order valence-electron chi connectivity index (χ2n) is 3.73. The number of rotatable bonds is 3. The lowest BCUT2D eigenvalue weighted by Crippen LogP contribution is -1.97. The molecule has 90 valence electrons. The van der Waals surface area contributed by atoms with Gasteiger partial charge in [-0.25, -0.2) is 13.6 Å². The largest absolute Gasteiger partial charge is 0.477 e. The number of thiophene rings is 1. The molecule has 2 nitrogen and oxygen atoms in total. The molecule has 17 heavy (non-hydrogen) atoms. The van der Waals surface area contributed by atoms with Crippen LogP contribution in [0.1, 0.15) is 28.6 Å². The number of carbonyl (C=O) groups is 1. The van der Waals surface area contributed by atoms with Crippen LogP contribution in [0, 0.1) is 11.6 Å². The lowest BCUT2D eigenvalue weighted by atomic mass is 10.1. The van der Waals surface area contributed by atoms with Crippen LogP contribution in [0.15, 0.2) is 12.1 Å². The molecule has 1 aromatic carbocycles. The molecule has 0 bridgehead atoms. The summed E-state index contributed by atoms with van der Waals surface area (Å²) in [6.07, 6.45) is 1.23. The van der Waals surface area contributed by atoms with Gasteiger partial charge in [0, 0.05) is 11.5 Å². The number of hydrogen-bond acceptors (Lipinski definition) is 2. The van der Waals surface area contributed by atoms with Crippen molar-refractivity contribution in [1.82, 2.24) is 0 Å². The summed E-state index contributed by atoms with van der Waals surface area (Å²) in [5.74, 6) is -2.47. The third-order valence-electron chi connectivity index (χ3n) is 2.51. The molecule has 0 saturated carbocycles. The van der Waals surface area contributed by atoms with Crippen molar-refractivity contribution in [3.8, 4) is 0 Å². The molecule has 0 saturated heterocycles. The zero-order valence-electron chi connectivity index (χ0n) is 9.09. The number of aromatic carboxylic acids is 1. The fraction of sp³-hybridized carbons (Fsp3) is 0.250. The van der Waals surface area contributed by atoms with Gasteiger partial charge in [-0.05, 0) is 18.1 Å². The first-order valence-electron chi connectivity index (χ1n) is 5.18. The molecule has 1 aromatic heterocycles. The van der Waals surface area contributed by atoms with E-state index in [1.165, 1.54) is 6.07 Å². The topological polar surface area (TPSA) is 37.3 Å². The summed E-state index contributed by atoms with van der Waals surface area (Å²) in [5.41, 5.74) is 0.526. The lowest BCUT2D eigenvalue weighted by molar-refractivity contribution is 0.0701. The molecule has 2 rings (SSSR count). The van der Waals surface area contributed by atoms with E-state index in [0.717, 1.165) is 23.8 Å². The van der Waals surface area contributed by atoms with Crippen LogP contribution in [0.25, 0.3) is 10.1 Å². The van der Waals surface area contributed by atoms with Crippen LogP contribution in [0.4, 0.5) is 8.78 Å². The smallest absolute Gasteiger partial charge is 0.346 e. The molecule has 5 heteroatoms. The van der Waals surface area contributed by atoms with E-state index in [2.05, 4.69) is 0 Å². The molecule has 0 spiro atoms. The summed E-state index contributed by atoms with van der Waals surface area (Å²) in [4.78, 5) is 11.2. The summed E-state index contributed by atoms with van der Waals surface area (Å²) >= 11 is 0.866. The molecule has 0 atom stereocenters. The molecule has 0 aliphatic carbocycles. The predicted octanol–water partition coefficient (Wildman–Crippen LogP) is 3.83. The fourth-order valence-corrected chi connectivity index (χ4v) is 2.92. The summed E-state index contributed by atoms with van der Waals surface area (Å²) in [6.45, 7) is 1.89. The van der Waals surface area contributed by atoms with E-state index in [-0.39, 0.29) is 9.58 Å². The lowest BCUT2D eigenvalue weighted by Gasteiger charge is -1.99. The number of fused-ring (bicyclic) bond motifs is 1. The third-order valence-corrected chi connectivity index (χ3v) is 3.75. The van der Waals surface area contributed by atoms with Gasteiger partial charge >= 0.3 is 5.97 Å².